The van der Waals surface area contributed by atoms with Crippen molar-refractivity contribution in [1.29, 1.82) is 0 Å². The Labute approximate surface area is 98.8 Å². The van der Waals surface area contributed by atoms with E-state index in [-0.39, 0.29) is 0 Å². The summed E-state index contributed by atoms with van der Waals surface area (Å²) in [5, 5.41) is 18.8. The van der Waals surface area contributed by atoms with E-state index in [0.717, 1.165) is 23.3 Å². The summed E-state index contributed by atoms with van der Waals surface area (Å²) in [6, 6.07) is 5.57. The minimum atomic E-state index is -0.892. The van der Waals surface area contributed by atoms with Gasteiger partial charge in [-0.1, -0.05) is 12.1 Å². The van der Waals surface area contributed by atoms with E-state index < -0.39 is 17.5 Å². The lowest BCUT2D eigenvalue weighted by Gasteiger charge is -2.42. The highest BCUT2D eigenvalue weighted by atomic mass is 16.5. The van der Waals surface area contributed by atoms with Crippen LogP contribution in [0.4, 0.5) is 0 Å². The van der Waals surface area contributed by atoms with E-state index in [1.165, 1.54) is 0 Å². The molecule has 4 nitrogen and oxygen atoms in total. The van der Waals surface area contributed by atoms with Crippen LogP contribution in [-0.4, -0.2) is 28.9 Å². The van der Waals surface area contributed by atoms with Crippen molar-refractivity contribution in [3.63, 3.8) is 0 Å². The number of fused-ring (bicyclic) bond motifs is 1. The second-order valence-electron chi connectivity index (χ2n) is 4.87. The first-order chi connectivity index (χ1) is 8.12. The summed E-state index contributed by atoms with van der Waals surface area (Å²) in [4.78, 5) is 11.4. The maximum atomic E-state index is 11.4. The molecule has 0 spiro atoms. The minimum absolute atomic E-state index is 0.308. The molecule has 0 unspecified atom stereocenters. The van der Waals surface area contributed by atoms with Crippen molar-refractivity contribution in [2.24, 2.45) is 0 Å². The standard InChI is InChI=1S/C13H14O4/c14-10-6-13(7-10,12(15)16)9-1-2-11-8(5-9)3-4-17-11/h1-2,5,10,14H,3-4,6-7H2,(H,15,16). The van der Waals surface area contributed by atoms with Gasteiger partial charge in [0.25, 0.3) is 0 Å². The van der Waals surface area contributed by atoms with E-state index in [9.17, 15) is 15.0 Å². The molecule has 3 rings (SSSR count). The first kappa shape index (κ1) is 10.6. The Morgan fingerprint density at radius 3 is 2.82 bits per heavy atom. The van der Waals surface area contributed by atoms with E-state index in [2.05, 4.69) is 0 Å². The van der Waals surface area contributed by atoms with Gasteiger partial charge >= 0.3 is 5.97 Å². The molecule has 2 aliphatic rings. The smallest absolute Gasteiger partial charge is 0.314 e. The van der Waals surface area contributed by atoms with Gasteiger partial charge in [-0.25, -0.2) is 0 Å². The first-order valence-electron chi connectivity index (χ1n) is 5.79. The van der Waals surface area contributed by atoms with E-state index >= 15 is 0 Å². The molecule has 2 N–H and O–H groups in total. The molecule has 0 bridgehead atoms. The number of rotatable bonds is 2. The Balaban J connectivity index is 2.00. The van der Waals surface area contributed by atoms with Crippen LogP contribution in [0.15, 0.2) is 18.2 Å². The van der Waals surface area contributed by atoms with Crippen molar-refractivity contribution in [3.05, 3.63) is 29.3 Å². The van der Waals surface area contributed by atoms with Crippen LogP contribution in [-0.2, 0) is 16.6 Å². The Hall–Kier alpha value is -1.55. The highest BCUT2D eigenvalue weighted by Crippen LogP contribution is 2.45. The molecule has 0 atom stereocenters. The fraction of sp³-hybridized carbons (Fsp3) is 0.462. The quantitative estimate of drug-likeness (QED) is 0.804. The molecule has 1 fully saturated rings. The number of carbonyl (C=O) groups is 1. The van der Waals surface area contributed by atoms with Crippen molar-refractivity contribution >= 4 is 5.97 Å². The van der Waals surface area contributed by atoms with Crippen molar-refractivity contribution in [1.82, 2.24) is 0 Å². The first-order valence-corrected chi connectivity index (χ1v) is 5.79. The third-order valence-corrected chi connectivity index (χ3v) is 3.82. The highest BCUT2D eigenvalue weighted by Gasteiger charge is 2.51. The lowest BCUT2D eigenvalue weighted by Crippen LogP contribution is -2.50. The summed E-state index contributed by atoms with van der Waals surface area (Å²) in [6.07, 6.45) is 0.960. The molecule has 0 aromatic heterocycles. The number of benzene rings is 1. The number of aliphatic hydroxyl groups is 1. The maximum Gasteiger partial charge on any atom is 0.314 e. The lowest BCUT2D eigenvalue weighted by molar-refractivity contribution is -0.152. The van der Waals surface area contributed by atoms with E-state index in [1.807, 2.05) is 18.2 Å². The van der Waals surface area contributed by atoms with Gasteiger partial charge in [0.15, 0.2) is 0 Å². The average molecular weight is 234 g/mol. The fourth-order valence-electron chi connectivity index (χ4n) is 2.76. The lowest BCUT2D eigenvalue weighted by atomic mass is 9.62. The van der Waals surface area contributed by atoms with Crippen LogP contribution in [0.25, 0.3) is 0 Å². The summed E-state index contributed by atoms with van der Waals surface area (Å²) >= 11 is 0. The SMILES string of the molecule is O=C(O)C1(c2ccc3c(c2)CCO3)CC(O)C1. The van der Waals surface area contributed by atoms with Crippen molar-refractivity contribution in [2.45, 2.75) is 30.8 Å². The molecule has 1 heterocycles. The van der Waals surface area contributed by atoms with Crippen molar-refractivity contribution < 1.29 is 19.7 Å². The van der Waals surface area contributed by atoms with Crippen molar-refractivity contribution in [3.8, 4) is 5.75 Å². The van der Waals surface area contributed by atoms with Gasteiger partial charge in [0.05, 0.1) is 18.1 Å². The maximum absolute atomic E-state index is 11.4. The third-order valence-electron chi connectivity index (χ3n) is 3.82. The summed E-state index contributed by atoms with van der Waals surface area (Å²) < 4.78 is 5.40. The molecule has 1 aliphatic carbocycles. The number of hydrogen-bond acceptors (Lipinski definition) is 3. The number of aliphatic hydroxyl groups excluding tert-OH is 1. The number of carboxylic acid groups (broad SMARTS) is 1. The minimum Gasteiger partial charge on any atom is -0.493 e. The van der Waals surface area contributed by atoms with Crippen LogP contribution in [0.1, 0.15) is 24.0 Å². The number of hydrogen-bond donors (Lipinski definition) is 2. The van der Waals surface area contributed by atoms with E-state index in [1.54, 1.807) is 0 Å². The van der Waals surface area contributed by atoms with Gasteiger partial charge < -0.3 is 14.9 Å². The zero-order valence-corrected chi connectivity index (χ0v) is 9.35. The third kappa shape index (κ3) is 1.44. The Bertz CT molecular complexity index is 474. The molecule has 4 heteroatoms. The molecular formula is C13H14O4. The highest BCUT2D eigenvalue weighted by molar-refractivity contribution is 5.83. The second-order valence-corrected chi connectivity index (χ2v) is 4.87. The molecule has 1 saturated carbocycles. The average Bonchev–Trinajstić information content (AvgIpc) is 2.70. The summed E-state index contributed by atoms with van der Waals surface area (Å²) in [6.45, 7) is 0.668. The molecule has 1 aromatic carbocycles. The second kappa shape index (κ2) is 3.47. The largest absolute Gasteiger partial charge is 0.493 e. The van der Waals surface area contributed by atoms with Gasteiger partial charge in [-0.05, 0) is 30.0 Å². The summed E-state index contributed by atoms with van der Waals surface area (Å²) in [5.41, 5.74) is 0.973. The molecule has 0 saturated heterocycles. The molecule has 90 valence electrons. The van der Waals surface area contributed by atoms with Crippen LogP contribution in [0.2, 0.25) is 0 Å². The molecule has 1 aromatic rings. The predicted molar refractivity (Wildman–Crippen MR) is 60.2 cm³/mol. The van der Waals surface area contributed by atoms with Crippen LogP contribution in [0.5, 0.6) is 5.75 Å². The summed E-state index contributed by atoms with van der Waals surface area (Å²) in [7, 11) is 0. The molecule has 1 aliphatic heterocycles. The van der Waals surface area contributed by atoms with E-state index in [0.29, 0.717) is 19.4 Å². The van der Waals surface area contributed by atoms with Crippen molar-refractivity contribution in [2.75, 3.05) is 6.61 Å². The zero-order valence-electron chi connectivity index (χ0n) is 9.35. The van der Waals surface area contributed by atoms with Gasteiger partial charge in [-0.3, -0.25) is 4.79 Å². The van der Waals surface area contributed by atoms with E-state index in [4.69, 9.17) is 4.74 Å². The van der Waals surface area contributed by atoms with Gasteiger partial charge in [0, 0.05) is 6.42 Å². The molecular weight excluding hydrogens is 220 g/mol. The molecule has 0 radical (unpaired) electrons. The van der Waals surface area contributed by atoms with Gasteiger partial charge in [-0.2, -0.15) is 0 Å². The van der Waals surface area contributed by atoms with Gasteiger partial charge in [0.2, 0.25) is 0 Å². The van der Waals surface area contributed by atoms with Gasteiger partial charge in [0.1, 0.15) is 5.75 Å². The predicted octanol–water partition coefficient (Wildman–Crippen LogP) is 1.10. The number of ether oxygens (including phenoxy) is 1. The topological polar surface area (TPSA) is 66.8 Å². The van der Waals surface area contributed by atoms with Crippen LogP contribution in [0, 0.1) is 0 Å². The normalized spacial score (nSPS) is 30.3. The van der Waals surface area contributed by atoms with Crippen LogP contribution < -0.4 is 4.74 Å². The number of aliphatic carboxylic acids is 1. The Kier molecular flexibility index (Phi) is 2.16. The van der Waals surface area contributed by atoms with Crippen LogP contribution >= 0.6 is 0 Å². The Morgan fingerprint density at radius 2 is 2.18 bits per heavy atom. The number of carboxylic acids is 1. The molecule has 17 heavy (non-hydrogen) atoms. The van der Waals surface area contributed by atoms with Crippen LogP contribution in [0.3, 0.4) is 0 Å². The zero-order chi connectivity index (χ0) is 12.0. The fourth-order valence-corrected chi connectivity index (χ4v) is 2.76. The van der Waals surface area contributed by atoms with Gasteiger partial charge in [-0.15, -0.1) is 0 Å². The summed E-state index contributed by atoms with van der Waals surface area (Å²) in [5.74, 6) is 0.0100. The molecule has 0 amide bonds. The monoisotopic (exact) mass is 234 g/mol. The Morgan fingerprint density at radius 1 is 1.41 bits per heavy atom.